The number of amides is 1. The summed E-state index contributed by atoms with van der Waals surface area (Å²) in [5, 5.41) is 15.9. The van der Waals surface area contributed by atoms with E-state index in [0.717, 1.165) is 22.0 Å². The van der Waals surface area contributed by atoms with Crippen molar-refractivity contribution in [1.29, 1.82) is 0 Å². The summed E-state index contributed by atoms with van der Waals surface area (Å²) in [5.74, 6) is 4.66. The number of benzene rings is 2. The van der Waals surface area contributed by atoms with Crippen LogP contribution >= 0.6 is 23.2 Å². The molecule has 0 aliphatic heterocycles. The van der Waals surface area contributed by atoms with Gasteiger partial charge in [0.1, 0.15) is 0 Å². The summed E-state index contributed by atoms with van der Waals surface area (Å²) in [6.07, 6.45) is 2.89. The first-order valence-electron chi connectivity index (χ1n) is 7.74. The van der Waals surface area contributed by atoms with Gasteiger partial charge < -0.3 is 5.11 Å². The van der Waals surface area contributed by atoms with Crippen LogP contribution in [0.5, 0.6) is 0 Å². The number of nitrogens with zero attached hydrogens (tertiary/aromatic N) is 2. The number of halogens is 2. The number of nitrogens with one attached hydrogen (secondary N) is 1. The van der Waals surface area contributed by atoms with E-state index in [1.807, 2.05) is 29.7 Å². The van der Waals surface area contributed by atoms with Gasteiger partial charge in [-0.15, -0.1) is 0 Å². The van der Waals surface area contributed by atoms with Crippen molar-refractivity contribution in [3.05, 3.63) is 69.3 Å². The van der Waals surface area contributed by atoms with Crippen LogP contribution in [0, 0.1) is 0 Å². The zero-order valence-electron chi connectivity index (χ0n) is 13.6. The Labute approximate surface area is 159 Å². The van der Waals surface area contributed by atoms with Crippen molar-refractivity contribution in [2.24, 2.45) is 5.84 Å². The summed E-state index contributed by atoms with van der Waals surface area (Å²) in [7, 11) is 0. The van der Waals surface area contributed by atoms with Gasteiger partial charge in [0.2, 0.25) is 0 Å². The lowest BCUT2D eigenvalue weighted by molar-refractivity contribution is -0.116. The van der Waals surface area contributed by atoms with Crippen molar-refractivity contribution >= 4 is 46.1 Å². The van der Waals surface area contributed by atoms with Crippen molar-refractivity contribution in [3.8, 4) is 0 Å². The molecule has 0 fully saturated rings. The number of aliphatic hydroxyl groups is 1. The van der Waals surface area contributed by atoms with Crippen LogP contribution < -0.4 is 11.3 Å². The number of aromatic nitrogens is 2. The Morgan fingerprint density at radius 2 is 2.08 bits per heavy atom. The van der Waals surface area contributed by atoms with Gasteiger partial charge in [0.15, 0.2) is 0 Å². The minimum atomic E-state index is -0.430. The fourth-order valence-corrected chi connectivity index (χ4v) is 3.07. The molecule has 0 atom stereocenters. The number of rotatable bonds is 5. The normalized spacial score (nSPS) is 11.4. The molecule has 1 amide bonds. The van der Waals surface area contributed by atoms with Crippen LogP contribution in [0.3, 0.4) is 0 Å². The molecule has 3 aromatic rings. The first-order chi connectivity index (χ1) is 12.5. The molecule has 0 unspecified atom stereocenters. The quantitative estimate of drug-likeness (QED) is 0.270. The predicted molar refractivity (Wildman–Crippen MR) is 103 cm³/mol. The van der Waals surface area contributed by atoms with Crippen LogP contribution in [0.1, 0.15) is 16.8 Å². The SMILES string of the molecule is NNC(=O)C=Cc1nn(Cc2ccc(Cl)cc2Cl)c2cc(CO)ccc12. The third-order valence-corrected chi connectivity index (χ3v) is 4.48. The molecule has 1 heterocycles. The van der Waals surface area contributed by atoms with E-state index >= 15 is 0 Å². The highest BCUT2D eigenvalue weighted by molar-refractivity contribution is 6.35. The highest BCUT2D eigenvalue weighted by Crippen LogP contribution is 2.26. The monoisotopic (exact) mass is 390 g/mol. The summed E-state index contributed by atoms with van der Waals surface area (Å²) in [5.41, 5.74) is 5.07. The minimum Gasteiger partial charge on any atom is -0.392 e. The Hall–Kier alpha value is -2.38. The molecule has 6 nitrogen and oxygen atoms in total. The molecule has 0 saturated carbocycles. The van der Waals surface area contributed by atoms with Crippen molar-refractivity contribution in [2.75, 3.05) is 0 Å². The summed E-state index contributed by atoms with van der Waals surface area (Å²) >= 11 is 12.2. The van der Waals surface area contributed by atoms with Crippen LogP contribution in [-0.2, 0) is 17.9 Å². The number of fused-ring (bicyclic) bond motifs is 1. The van der Waals surface area contributed by atoms with E-state index in [1.165, 1.54) is 6.08 Å². The number of carbonyl (C=O) groups excluding carboxylic acids is 1. The van der Waals surface area contributed by atoms with E-state index in [-0.39, 0.29) is 6.61 Å². The lowest BCUT2D eigenvalue weighted by Crippen LogP contribution is -2.27. The topological polar surface area (TPSA) is 93.2 Å². The first-order valence-corrected chi connectivity index (χ1v) is 8.50. The van der Waals surface area contributed by atoms with Gasteiger partial charge in [-0.05, 0) is 35.4 Å². The average Bonchev–Trinajstić information content (AvgIpc) is 2.98. The molecule has 0 bridgehead atoms. The number of aliphatic hydroxyl groups excluding tert-OH is 1. The Bertz CT molecular complexity index is 998. The van der Waals surface area contributed by atoms with E-state index in [4.69, 9.17) is 29.0 Å². The Balaban J connectivity index is 2.08. The van der Waals surface area contributed by atoms with Crippen LogP contribution in [0.15, 0.2) is 42.5 Å². The molecule has 26 heavy (non-hydrogen) atoms. The standard InChI is InChI=1S/C18H16Cl2N4O2/c19-13-3-2-12(15(20)8-13)9-24-17-7-11(10-25)1-4-14(17)16(23-24)5-6-18(26)22-21/h1-8,25H,9-10,21H2,(H,22,26). The van der Waals surface area contributed by atoms with Gasteiger partial charge in [-0.1, -0.05) is 41.4 Å². The average molecular weight is 391 g/mol. The van der Waals surface area contributed by atoms with Gasteiger partial charge in [-0.2, -0.15) is 5.10 Å². The number of hydrogen-bond donors (Lipinski definition) is 3. The maximum absolute atomic E-state index is 11.4. The van der Waals surface area contributed by atoms with Crippen LogP contribution in [-0.4, -0.2) is 20.8 Å². The molecule has 3 rings (SSSR count). The van der Waals surface area contributed by atoms with Gasteiger partial charge in [-0.25, -0.2) is 5.84 Å². The van der Waals surface area contributed by atoms with Crippen LogP contribution in [0.25, 0.3) is 17.0 Å². The third kappa shape index (κ3) is 3.89. The van der Waals surface area contributed by atoms with Gasteiger partial charge >= 0.3 is 0 Å². The molecule has 134 valence electrons. The fraction of sp³-hybridized carbons (Fsp3) is 0.111. The van der Waals surface area contributed by atoms with Gasteiger partial charge in [0.25, 0.3) is 5.91 Å². The number of carbonyl (C=O) groups is 1. The summed E-state index contributed by atoms with van der Waals surface area (Å²) < 4.78 is 1.77. The first kappa shape index (κ1) is 18.4. The largest absolute Gasteiger partial charge is 0.392 e. The summed E-state index contributed by atoms with van der Waals surface area (Å²) in [6.45, 7) is 0.335. The third-order valence-electron chi connectivity index (χ3n) is 3.90. The zero-order valence-corrected chi connectivity index (χ0v) is 15.1. The van der Waals surface area contributed by atoms with Crippen LogP contribution in [0.4, 0.5) is 0 Å². The Morgan fingerprint density at radius 3 is 2.77 bits per heavy atom. The van der Waals surface area contributed by atoms with Crippen molar-refractivity contribution in [1.82, 2.24) is 15.2 Å². The minimum absolute atomic E-state index is 0.0798. The van der Waals surface area contributed by atoms with E-state index in [0.29, 0.717) is 22.3 Å². The van der Waals surface area contributed by atoms with E-state index in [1.54, 1.807) is 22.9 Å². The fourth-order valence-electron chi connectivity index (χ4n) is 2.60. The maximum atomic E-state index is 11.4. The highest BCUT2D eigenvalue weighted by Gasteiger charge is 2.12. The molecular weight excluding hydrogens is 375 g/mol. The second-order valence-electron chi connectivity index (χ2n) is 5.63. The molecular formula is C18H16Cl2N4O2. The van der Waals surface area contributed by atoms with Gasteiger partial charge in [-0.3, -0.25) is 14.9 Å². The molecule has 1 aromatic heterocycles. The Morgan fingerprint density at radius 1 is 1.27 bits per heavy atom. The molecule has 4 N–H and O–H groups in total. The number of hydrogen-bond acceptors (Lipinski definition) is 4. The number of hydrazine groups is 1. The predicted octanol–water partition coefficient (Wildman–Crippen LogP) is 2.89. The van der Waals surface area contributed by atoms with E-state index < -0.39 is 5.91 Å². The molecule has 0 radical (unpaired) electrons. The lowest BCUT2D eigenvalue weighted by atomic mass is 10.1. The van der Waals surface area contributed by atoms with Crippen molar-refractivity contribution in [3.63, 3.8) is 0 Å². The number of nitrogens with two attached hydrogens (primary N) is 1. The van der Waals surface area contributed by atoms with E-state index in [2.05, 4.69) is 5.10 Å². The summed E-state index contributed by atoms with van der Waals surface area (Å²) in [4.78, 5) is 11.4. The van der Waals surface area contributed by atoms with Gasteiger partial charge in [0.05, 0.1) is 24.4 Å². The second-order valence-corrected chi connectivity index (χ2v) is 6.47. The van der Waals surface area contributed by atoms with Crippen molar-refractivity contribution in [2.45, 2.75) is 13.2 Å². The van der Waals surface area contributed by atoms with Gasteiger partial charge in [0, 0.05) is 21.5 Å². The maximum Gasteiger partial charge on any atom is 0.257 e. The highest BCUT2D eigenvalue weighted by atomic mass is 35.5. The van der Waals surface area contributed by atoms with Crippen molar-refractivity contribution < 1.29 is 9.90 Å². The molecule has 0 aliphatic carbocycles. The molecule has 2 aromatic carbocycles. The lowest BCUT2D eigenvalue weighted by Gasteiger charge is -2.07. The second kappa shape index (κ2) is 7.88. The molecule has 0 aliphatic rings. The van der Waals surface area contributed by atoms with E-state index in [9.17, 15) is 9.90 Å². The molecule has 0 spiro atoms. The Kier molecular flexibility index (Phi) is 5.58. The summed E-state index contributed by atoms with van der Waals surface area (Å²) in [6, 6.07) is 10.8. The molecule has 0 saturated heterocycles. The van der Waals surface area contributed by atoms with Crippen LogP contribution in [0.2, 0.25) is 10.0 Å². The molecule has 8 heteroatoms. The smallest absolute Gasteiger partial charge is 0.257 e. The zero-order chi connectivity index (χ0) is 18.7.